The minimum absolute atomic E-state index is 0. The Morgan fingerprint density at radius 2 is 2.00 bits per heavy atom. The number of nitrogens with two attached hydrogens (primary N) is 1. The second-order valence-electron chi connectivity index (χ2n) is 5.63. The highest BCUT2D eigenvalue weighted by atomic mass is 35.5. The summed E-state index contributed by atoms with van der Waals surface area (Å²) in [5.74, 6) is 0.574. The van der Waals surface area contributed by atoms with Gasteiger partial charge < -0.3 is 10.6 Å². The molecule has 23 heavy (non-hydrogen) atoms. The Balaban J connectivity index is 0.00000132. The lowest BCUT2D eigenvalue weighted by Gasteiger charge is -2.32. The summed E-state index contributed by atoms with van der Waals surface area (Å²) in [4.78, 5) is 18.8. The Morgan fingerprint density at radius 1 is 1.35 bits per heavy atom. The Bertz CT molecular complexity index is 608. The first-order valence-corrected chi connectivity index (χ1v) is 8.40. The Labute approximate surface area is 153 Å². The zero-order valence-corrected chi connectivity index (χ0v) is 15.6. The first-order valence-electron chi connectivity index (χ1n) is 7.59. The molecule has 0 radical (unpaired) electrons. The number of thiazole rings is 1. The smallest absolute Gasteiger partial charge is 0.239 e. The molecule has 0 spiro atoms. The van der Waals surface area contributed by atoms with Gasteiger partial charge in [0.15, 0.2) is 0 Å². The number of hydrogen-bond donors (Lipinski definition) is 1. The van der Waals surface area contributed by atoms with Gasteiger partial charge in [-0.2, -0.15) is 0 Å². The maximum atomic E-state index is 12.1. The van der Waals surface area contributed by atoms with E-state index in [-0.39, 0.29) is 36.8 Å². The van der Waals surface area contributed by atoms with Crippen molar-refractivity contribution in [3.8, 4) is 0 Å². The van der Waals surface area contributed by atoms with Crippen LogP contribution < -0.4 is 5.73 Å². The van der Waals surface area contributed by atoms with E-state index in [0.29, 0.717) is 12.3 Å². The van der Waals surface area contributed by atoms with Gasteiger partial charge in [-0.15, -0.1) is 36.2 Å². The Morgan fingerprint density at radius 3 is 2.61 bits per heavy atom. The molecule has 1 amide bonds. The molecule has 1 fully saturated rings. The number of nitrogens with zero attached hydrogens (tertiary/aromatic N) is 2. The molecule has 2 heterocycles. The average Bonchev–Trinajstić information content (AvgIpc) is 2.97. The average molecular weight is 376 g/mol. The van der Waals surface area contributed by atoms with Crippen molar-refractivity contribution in [3.63, 3.8) is 0 Å². The molecule has 0 aliphatic carbocycles. The predicted octanol–water partition coefficient (Wildman–Crippen LogP) is 3.58. The van der Waals surface area contributed by atoms with Crippen LogP contribution in [0.4, 0.5) is 0 Å². The van der Waals surface area contributed by atoms with Crippen molar-refractivity contribution >= 4 is 52.3 Å². The van der Waals surface area contributed by atoms with Crippen LogP contribution >= 0.6 is 36.2 Å². The van der Waals surface area contributed by atoms with Gasteiger partial charge in [0.1, 0.15) is 0 Å². The summed E-state index contributed by atoms with van der Waals surface area (Å²) >= 11 is 1.78. The number of halogens is 2. The normalized spacial score (nSPS) is 16.5. The number of para-hydroxylation sites is 1. The number of likely N-dealkylation sites (tertiary alicyclic amines) is 1. The lowest BCUT2D eigenvalue weighted by Crippen LogP contribution is -2.46. The van der Waals surface area contributed by atoms with Crippen LogP contribution in [0, 0.1) is 0 Å². The zero-order chi connectivity index (χ0) is 14.8. The lowest BCUT2D eigenvalue weighted by molar-refractivity contribution is -0.133. The van der Waals surface area contributed by atoms with E-state index in [1.165, 1.54) is 9.71 Å². The van der Waals surface area contributed by atoms with Crippen molar-refractivity contribution in [3.05, 3.63) is 29.3 Å². The third-order valence-corrected chi connectivity index (χ3v) is 5.42. The fourth-order valence-corrected chi connectivity index (χ4v) is 3.96. The van der Waals surface area contributed by atoms with Crippen molar-refractivity contribution in [1.82, 2.24) is 9.88 Å². The molecular formula is C16H23Cl2N3OS. The highest BCUT2D eigenvalue weighted by Crippen LogP contribution is 2.33. The molecular weight excluding hydrogens is 353 g/mol. The van der Waals surface area contributed by atoms with Crippen LogP contribution in [0.2, 0.25) is 0 Å². The lowest BCUT2D eigenvalue weighted by atomic mass is 9.97. The van der Waals surface area contributed by atoms with Crippen LogP contribution in [-0.4, -0.2) is 34.9 Å². The number of rotatable bonds is 3. The van der Waals surface area contributed by atoms with E-state index in [1.807, 2.05) is 17.9 Å². The van der Waals surface area contributed by atoms with E-state index in [2.05, 4.69) is 18.2 Å². The largest absolute Gasteiger partial charge is 0.341 e. The summed E-state index contributed by atoms with van der Waals surface area (Å²) in [6.07, 6.45) is 2.68. The van der Waals surface area contributed by atoms with Gasteiger partial charge in [-0.05, 0) is 31.4 Å². The van der Waals surface area contributed by atoms with E-state index < -0.39 is 0 Å². The molecule has 2 N–H and O–H groups in total. The number of hydrogen-bond acceptors (Lipinski definition) is 4. The maximum Gasteiger partial charge on any atom is 0.239 e. The van der Waals surface area contributed by atoms with Crippen LogP contribution in [-0.2, 0) is 4.79 Å². The second kappa shape index (κ2) is 8.83. The van der Waals surface area contributed by atoms with Crippen molar-refractivity contribution in [1.29, 1.82) is 0 Å². The van der Waals surface area contributed by atoms with E-state index >= 15 is 0 Å². The minimum Gasteiger partial charge on any atom is -0.341 e. The quantitative estimate of drug-likeness (QED) is 0.891. The monoisotopic (exact) mass is 375 g/mol. The molecule has 1 atom stereocenters. The predicted molar refractivity (Wildman–Crippen MR) is 101 cm³/mol. The summed E-state index contributed by atoms with van der Waals surface area (Å²) in [6.45, 7) is 3.55. The summed E-state index contributed by atoms with van der Waals surface area (Å²) < 4.78 is 1.25. The number of amides is 1. The summed E-state index contributed by atoms with van der Waals surface area (Å²) in [5, 5.41) is 1.21. The molecule has 0 bridgehead atoms. The van der Waals surface area contributed by atoms with Crippen LogP contribution in [0.25, 0.3) is 10.2 Å². The van der Waals surface area contributed by atoms with Gasteiger partial charge in [0.2, 0.25) is 5.91 Å². The number of fused-ring (bicyclic) bond motifs is 1. The standard InChI is InChI=1S/C16H21N3OS.2ClH/c1-2-12(17)16(20)19-9-7-11(8-10-19)15-18-13-5-3-4-6-14(13)21-15;;/h3-6,11-12H,2,7-10,17H2,1H3;2*1H/t12-;;/m0../s1. The van der Waals surface area contributed by atoms with E-state index in [1.54, 1.807) is 11.3 Å². The third kappa shape index (κ3) is 4.35. The van der Waals surface area contributed by atoms with Gasteiger partial charge in [0.05, 0.1) is 21.3 Å². The Hall–Kier alpha value is -0.880. The first-order chi connectivity index (χ1) is 10.2. The zero-order valence-electron chi connectivity index (χ0n) is 13.1. The molecule has 0 saturated carbocycles. The molecule has 0 unspecified atom stereocenters. The summed E-state index contributed by atoms with van der Waals surface area (Å²) in [6, 6.07) is 7.92. The summed E-state index contributed by atoms with van der Waals surface area (Å²) in [5.41, 5.74) is 6.93. The number of benzene rings is 1. The number of carbonyl (C=O) groups excluding carboxylic acids is 1. The highest BCUT2D eigenvalue weighted by molar-refractivity contribution is 7.18. The van der Waals surface area contributed by atoms with Crippen molar-refractivity contribution in [2.45, 2.75) is 38.1 Å². The number of piperidine rings is 1. The van der Waals surface area contributed by atoms with E-state index in [9.17, 15) is 4.79 Å². The molecule has 3 rings (SSSR count). The molecule has 1 aliphatic rings. The van der Waals surface area contributed by atoms with Gasteiger partial charge in [-0.1, -0.05) is 19.1 Å². The van der Waals surface area contributed by atoms with Crippen molar-refractivity contribution in [2.75, 3.05) is 13.1 Å². The number of carbonyl (C=O) groups is 1. The van der Waals surface area contributed by atoms with Crippen LogP contribution in [0.3, 0.4) is 0 Å². The fraction of sp³-hybridized carbons (Fsp3) is 0.500. The molecule has 2 aromatic rings. The van der Waals surface area contributed by atoms with Crippen LogP contribution in [0.15, 0.2) is 24.3 Å². The van der Waals surface area contributed by atoms with E-state index in [4.69, 9.17) is 10.7 Å². The maximum absolute atomic E-state index is 12.1. The molecule has 7 heteroatoms. The molecule has 4 nitrogen and oxygen atoms in total. The first kappa shape index (κ1) is 20.2. The summed E-state index contributed by atoms with van der Waals surface area (Å²) in [7, 11) is 0. The highest BCUT2D eigenvalue weighted by Gasteiger charge is 2.27. The topological polar surface area (TPSA) is 59.2 Å². The second-order valence-corrected chi connectivity index (χ2v) is 6.70. The van der Waals surface area contributed by atoms with E-state index in [0.717, 1.165) is 31.4 Å². The molecule has 1 aromatic heterocycles. The Kier molecular flexibility index (Phi) is 7.74. The molecule has 128 valence electrons. The van der Waals surface area contributed by atoms with Crippen LogP contribution in [0.1, 0.15) is 37.1 Å². The molecule has 1 aromatic carbocycles. The molecule has 1 aliphatic heterocycles. The van der Waals surface area contributed by atoms with Crippen LogP contribution in [0.5, 0.6) is 0 Å². The van der Waals surface area contributed by atoms with Gasteiger partial charge in [-0.25, -0.2) is 4.98 Å². The SMILES string of the molecule is CC[C@H](N)C(=O)N1CCC(c2nc3ccccc3s2)CC1.Cl.Cl. The third-order valence-electron chi connectivity index (χ3n) is 4.22. The van der Waals surface area contributed by atoms with Gasteiger partial charge in [0.25, 0.3) is 0 Å². The minimum atomic E-state index is -0.344. The van der Waals surface area contributed by atoms with Gasteiger partial charge >= 0.3 is 0 Å². The van der Waals surface area contributed by atoms with Crippen molar-refractivity contribution in [2.24, 2.45) is 5.73 Å². The number of aromatic nitrogens is 1. The molecule has 1 saturated heterocycles. The van der Waals surface area contributed by atoms with Gasteiger partial charge in [-0.3, -0.25) is 4.79 Å². The van der Waals surface area contributed by atoms with Gasteiger partial charge in [0, 0.05) is 19.0 Å². The fourth-order valence-electron chi connectivity index (χ4n) is 2.82. The van der Waals surface area contributed by atoms with Crippen molar-refractivity contribution < 1.29 is 4.79 Å².